The van der Waals surface area contributed by atoms with Crippen molar-refractivity contribution in [2.75, 3.05) is 19.6 Å². The van der Waals surface area contributed by atoms with Crippen LogP contribution in [0.1, 0.15) is 35.7 Å². The van der Waals surface area contributed by atoms with Gasteiger partial charge in [0.2, 0.25) is 0 Å². The maximum absolute atomic E-state index is 10.9. The van der Waals surface area contributed by atoms with Crippen molar-refractivity contribution in [1.82, 2.24) is 4.90 Å². The number of rotatable bonds is 4. The third-order valence-corrected chi connectivity index (χ3v) is 3.76. The smallest absolute Gasteiger partial charge is 0.150 e. The molecule has 2 rings (SSSR count). The Kier molecular flexibility index (Phi) is 4.32. The lowest BCUT2D eigenvalue weighted by atomic mass is 9.98. The standard InChI is InChI=1S/C15H21NO/c1-13-6-9-16(10-7-13)11-8-14-4-2-3-5-15(14)12-17/h2-5,12-13H,6-11H2,1H3. The first-order valence-corrected chi connectivity index (χ1v) is 6.55. The summed E-state index contributed by atoms with van der Waals surface area (Å²) in [6.07, 6.45) is 4.58. The molecule has 2 heteroatoms. The van der Waals surface area contributed by atoms with Crippen molar-refractivity contribution in [1.29, 1.82) is 0 Å². The van der Waals surface area contributed by atoms with E-state index in [1.807, 2.05) is 18.2 Å². The summed E-state index contributed by atoms with van der Waals surface area (Å²) in [5.74, 6) is 0.883. The van der Waals surface area contributed by atoms with E-state index >= 15 is 0 Å². The van der Waals surface area contributed by atoms with Crippen molar-refractivity contribution in [2.45, 2.75) is 26.2 Å². The number of benzene rings is 1. The highest BCUT2D eigenvalue weighted by molar-refractivity contribution is 5.77. The molecule has 92 valence electrons. The average Bonchev–Trinajstić information content (AvgIpc) is 2.38. The first kappa shape index (κ1) is 12.3. The number of nitrogens with zero attached hydrogens (tertiary/aromatic N) is 1. The highest BCUT2D eigenvalue weighted by Gasteiger charge is 2.15. The summed E-state index contributed by atoms with van der Waals surface area (Å²) in [4.78, 5) is 13.4. The summed E-state index contributed by atoms with van der Waals surface area (Å²) < 4.78 is 0. The van der Waals surface area contributed by atoms with Gasteiger partial charge >= 0.3 is 0 Å². The van der Waals surface area contributed by atoms with Crippen LogP contribution in [0.25, 0.3) is 0 Å². The van der Waals surface area contributed by atoms with Crippen LogP contribution in [0.15, 0.2) is 24.3 Å². The van der Waals surface area contributed by atoms with E-state index in [-0.39, 0.29) is 0 Å². The zero-order valence-electron chi connectivity index (χ0n) is 10.6. The Morgan fingerprint density at radius 1 is 1.29 bits per heavy atom. The van der Waals surface area contributed by atoms with Crippen molar-refractivity contribution in [3.63, 3.8) is 0 Å². The Balaban J connectivity index is 1.87. The molecule has 0 spiro atoms. The van der Waals surface area contributed by atoms with Crippen molar-refractivity contribution in [2.24, 2.45) is 5.92 Å². The molecule has 0 amide bonds. The van der Waals surface area contributed by atoms with E-state index in [0.29, 0.717) is 0 Å². The van der Waals surface area contributed by atoms with Crippen LogP contribution in [-0.2, 0) is 6.42 Å². The molecule has 1 saturated heterocycles. The fraction of sp³-hybridized carbons (Fsp3) is 0.533. The van der Waals surface area contributed by atoms with E-state index in [4.69, 9.17) is 0 Å². The minimum atomic E-state index is 0.845. The lowest BCUT2D eigenvalue weighted by molar-refractivity contribution is 0.112. The monoisotopic (exact) mass is 231 g/mol. The number of likely N-dealkylation sites (tertiary alicyclic amines) is 1. The zero-order valence-corrected chi connectivity index (χ0v) is 10.6. The van der Waals surface area contributed by atoms with Gasteiger partial charge in [0.1, 0.15) is 6.29 Å². The molecule has 2 nitrogen and oxygen atoms in total. The Morgan fingerprint density at radius 2 is 2.00 bits per heavy atom. The van der Waals surface area contributed by atoms with E-state index in [1.165, 1.54) is 31.5 Å². The Morgan fingerprint density at radius 3 is 2.71 bits per heavy atom. The van der Waals surface area contributed by atoms with Gasteiger partial charge in [-0.3, -0.25) is 4.79 Å². The van der Waals surface area contributed by atoms with Crippen LogP contribution in [0.3, 0.4) is 0 Å². The van der Waals surface area contributed by atoms with Crippen LogP contribution < -0.4 is 0 Å². The molecule has 0 aliphatic carbocycles. The third kappa shape index (κ3) is 3.40. The summed E-state index contributed by atoms with van der Waals surface area (Å²) >= 11 is 0. The van der Waals surface area contributed by atoms with Crippen LogP contribution >= 0.6 is 0 Å². The molecule has 0 aromatic heterocycles. The van der Waals surface area contributed by atoms with Crippen LogP contribution in [0.4, 0.5) is 0 Å². The number of aldehydes is 1. The van der Waals surface area contributed by atoms with Gasteiger partial charge in [-0.05, 0) is 43.8 Å². The van der Waals surface area contributed by atoms with Gasteiger partial charge in [-0.2, -0.15) is 0 Å². The number of hydrogen-bond donors (Lipinski definition) is 0. The van der Waals surface area contributed by atoms with Crippen molar-refractivity contribution in [3.05, 3.63) is 35.4 Å². The maximum Gasteiger partial charge on any atom is 0.150 e. The normalized spacial score (nSPS) is 18.2. The minimum Gasteiger partial charge on any atom is -0.303 e. The van der Waals surface area contributed by atoms with Gasteiger partial charge < -0.3 is 4.90 Å². The highest BCUT2D eigenvalue weighted by atomic mass is 16.1. The van der Waals surface area contributed by atoms with E-state index in [9.17, 15) is 4.79 Å². The Hall–Kier alpha value is -1.15. The molecule has 0 saturated carbocycles. The maximum atomic E-state index is 10.9. The van der Waals surface area contributed by atoms with Crippen LogP contribution in [0.5, 0.6) is 0 Å². The topological polar surface area (TPSA) is 20.3 Å². The number of hydrogen-bond acceptors (Lipinski definition) is 2. The zero-order chi connectivity index (χ0) is 12.1. The Labute approximate surface area is 104 Å². The van der Waals surface area contributed by atoms with Gasteiger partial charge in [0.05, 0.1) is 0 Å². The highest BCUT2D eigenvalue weighted by Crippen LogP contribution is 2.16. The second-order valence-electron chi connectivity index (χ2n) is 5.09. The molecule has 0 unspecified atom stereocenters. The lowest BCUT2D eigenvalue weighted by Gasteiger charge is -2.30. The summed E-state index contributed by atoms with van der Waals surface area (Å²) in [6, 6.07) is 7.91. The van der Waals surface area contributed by atoms with Gasteiger partial charge in [-0.1, -0.05) is 31.2 Å². The average molecular weight is 231 g/mol. The van der Waals surface area contributed by atoms with E-state index < -0.39 is 0 Å². The van der Waals surface area contributed by atoms with Crippen LogP contribution in [0.2, 0.25) is 0 Å². The summed E-state index contributed by atoms with van der Waals surface area (Å²) in [5, 5.41) is 0. The van der Waals surface area contributed by atoms with Gasteiger partial charge in [0.15, 0.2) is 0 Å². The van der Waals surface area contributed by atoms with Gasteiger partial charge in [-0.15, -0.1) is 0 Å². The quantitative estimate of drug-likeness (QED) is 0.743. The van der Waals surface area contributed by atoms with Gasteiger partial charge in [-0.25, -0.2) is 0 Å². The fourth-order valence-electron chi connectivity index (χ4n) is 2.44. The molecule has 1 fully saturated rings. The molecule has 1 aliphatic heterocycles. The summed E-state index contributed by atoms with van der Waals surface area (Å²) in [7, 11) is 0. The Bertz CT molecular complexity index is 367. The van der Waals surface area contributed by atoms with Crippen LogP contribution in [0, 0.1) is 5.92 Å². The van der Waals surface area contributed by atoms with Crippen molar-refractivity contribution in [3.8, 4) is 0 Å². The summed E-state index contributed by atoms with van der Waals surface area (Å²) in [5.41, 5.74) is 2.03. The third-order valence-electron chi connectivity index (χ3n) is 3.76. The first-order chi connectivity index (χ1) is 8.29. The molecule has 0 radical (unpaired) electrons. The fourth-order valence-corrected chi connectivity index (χ4v) is 2.44. The predicted octanol–water partition coefficient (Wildman–Crippen LogP) is 2.77. The van der Waals surface area contributed by atoms with Gasteiger partial charge in [0, 0.05) is 12.1 Å². The van der Waals surface area contributed by atoms with Crippen LogP contribution in [-0.4, -0.2) is 30.8 Å². The van der Waals surface area contributed by atoms with Gasteiger partial charge in [0.25, 0.3) is 0 Å². The second kappa shape index (κ2) is 5.97. The molecule has 0 N–H and O–H groups in total. The molecule has 1 heterocycles. The molecular formula is C15H21NO. The molecule has 1 aliphatic rings. The minimum absolute atomic E-state index is 0.845. The lowest BCUT2D eigenvalue weighted by Crippen LogP contribution is -2.34. The van der Waals surface area contributed by atoms with Crippen molar-refractivity contribution >= 4 is 6.29 Å². The van der Waals surface area contributed by atoms with Crippen molar-refractivity contribution < 1.29 is 4.79 Å². The number of carbonyl (C=O) groups is 1. The summed E-state index contributed by atoms with van der Waals surface area (Å²) in [6.45, 7) is 5.84. The number of carbonyl (C=O) groups excluding carboxylic acids is 1. The second-order valence-corrected chi connectivity index (χ2v) is 5.09. The first-order valence-electron chi connectivity index (χ1n) is 6.55. The molecule has 0 bridgehead atoms. The predicted molar refractivity (Wildman–Crippen MR) is 70.4 cm³/mol. The molecule has 1 aromatic rings. The molecule has 17 heavy (non-hydrogen) atoms. The number of piperidine rings is 1. The molecule has 0 atom stereocenters. The SMILES string of the molecule is CC1CCN(CCc2ccccc2C=O)CC1. The van der Waals surface area contributed by atoms with E-state index in [2.05, 4.69) is 17.9 Å². The largest absolute Gasteiger partial charge is 0.303 e. The van der Waals surface area contributed by atoms with E-state index in [0.717, 1.165) is 30.7 Å². The van der Waals surface area contributed by atoms with E-state index in [1.54, 1.807) is 0 Å². The molecular weight excluding hydrogens is 210 g/mol. The molecule has 1 aromatic carbocycles.